The van der Waals surface area contributed by atoms with E-state index in [2.05, 4.69) is 25.9 Å². The number of aromatic nitrogens is 4. The highest BCUT2D eigenvalue weighted by atomic mass is 16.4. The third kappa shape index (κ3) is 2.86. The lowest BCUT2D eigenvalue weighted by Gasteiger charge is -2.37. The average molecular weight is 282 g/mol. The first kappa shape index (κ1) is 14.2. The Labute approximate surface area is 115 Å². The van der Waals surface area contributed by atoms with Crippen LogP contribution in [0.3, 0.4) is 0 Å². The van der Waals surface area contributed by atoms with E-state index >= 15 is 0 Å². The number of carbonyl (C=O) groups is 2. The van der Waals surface area contributed by atoms with Crippen molar-refractivity contribution in [3.05, 3.63) is 5.82 Å². The molecular formula is C11H18N6O3. The zero-order valence-corrected chi connectivity index (χ0v) is 11.4. The first-order valence-electron chi connectivity index (χ1n) is 6.54. The van der Waals surface area contributed by atoms with Crippen LogP contribution in [-0.2, 0) is 4.79 Å². The number of urea groups is 1. The second kappa shape index (κ2) is 5.85. The van der Waals surface area contributed by atoms with E-state index in [0.29, 0.717) is 12.4 Å². The number of tetrazole rings is 1. The molecule has 1 fully saturated rings. The number of rotatable bonds is 3. The van der Waals surface area contributed by atoms with E-state index in [1.54, 1.807) is 6.92 Å². The predicted octanol–water partition coefficient (Wildman–Crippen LogP) is 0.155. The van der Waals surface area contributed by atoms with Crippen LogP contribution in [0, 0.1) is 5.92 Å². The third-order valence-electron chi connectivity index (χ3n) is 3.54. The molecule has 3 atom stereocenters. The van der Waals surface area contributed by atoms with Crippen molar-refractivity contribution in [3.63, 3.8) is 0 Å². The van der Waals surface area contributed by atoms with Crippen LogP contribution in [-0.4, -0.2) is 55.2 Å². The van der Waals surface area contributed by atoms with Crippen molar-refractivity contribution in [1.29, 1.82) is 0 Å². The van der Waals surface area contributed by atoms with Gasteiger partial charge in [-0.1, -0.05) is 12.1 Å². The lowest BCUT2D eigenvalue weighted by Crippen LogP contribution is -2.55. The largest absolute Gasteiger partial charge is 0.480 e. The number of likely N-dealkylation sites (tertiary alicyclic amines) is 1. The van der Waals surface area contributed by atoms with Gasteiger partial charge in [-0.3, -0.25) is 0 Å². The van der Waals surface area contributed by atoms with Gasteiger partial charge in [0.2, 0.25) is 0 Å². The van der Waals surface area contributed by atoms with Crippen molar-refractivity contribution in [1.82, 2.24) is 30.8 Å². The van der Waals surface area contributed by atoms with Gasteiger partial charge in [-0.05, 0) is 25.7 Å². The number of carboxylic acids is 1. The van der Waals surface area contributed by atoms with Crippen LogP contribution in [0.25, 0.3) is 0 Å². The van der Waals surface area contributed by atoms with E-state index < -0.39 is 24.1 Å². The van der Waals surface area contributed by atoms with E-state index in [0.717, 1.165) is 12.8 Å². The smallest absolute Gasteiger partial charge is 0.326 e. The van der Waals surface area contributed by atoms with Crippen molar-refractivity contribution in [2.45, 2.75) is 38.8 Å². The second-order valence-electron chi connectivity index (χ2n) is 5.04. The zero-order valence-electron chi connectivity index (χ0n) is 11.4. The summed E-state index contributed by atoms with van der Waals surface area (Å²) in [6, 6.07) is -1.64. The fourth-order valence-electron chi connectivity index (χ4n) is 2.48. The van der Waals surface area contributed by atoms with Crippen molar-refractivity contribution in [2.75, 3.05) is 6.54 Å². The fourth-order valence-corrected chi connectivity index (χ4v) is 2.48. The maximum Gasteiger partial charge on any atom is 0.326 e. The molecule has 3 N–H and O–H groups in total. The van der Waals surface area contributed by atoms with E-state index in [9.17, 15) is 14.7 Å². The lowest BCUT2D eigenvalue weighted by atomic mass is 9.91. The summed E-state index contributed by atoms with van der Waals surface area (Å²) in [6.45, 7) is 4.00. The molecule has 0 aromatic carbocycles. The highest BCUT2D eigenvalue weighted by molar-refractivity contribution is 5.83. The number of carbonyl (C=O) groups excluding carboxylic acids is 1. The monoisotopic (exact) mass is 282 g/mol. The molecule has 0 aliphatic carbocycles. The highest BCUT2D eigenvalue weighted by Crippen LogP contribution is 2.24. The Morgan fingerprint density at radius 2 is 2.30 bits per heavy atom. The number of hydrogen-bond donors (Lipinski definition) is 3. The summed E-state index contributed by atoms with van der Waals surface area (Å²) in [7, 11) is 0. The molecule has 2 amide bonds. The number of carboxylic acid groups (broad SMARTS) is 1. The van der Waals surface area contributed by atoms with Crippen LogP contribution in [0.4, 0.5) is 4.79 Å². The third-order valence-corrected chi connectivity index (χ3v) is 3.54. The Kier molecular flexibility index (Phi) is 4.16. The normalized spacial score (nSPS) is 24.2. The lowest BCUT2D eigenvalue weighted by molar-refractivity contribution is -0.145. The van der Waals surface area contributed by atoms with Gasteiger partial charge >= 0.3 is 12.0 Å². The van der Waals surface area contributed by atoms with Crippen LogP contribution in [0.15, 0.2) is 0 Å². The standard InChI is InChI=1S/C11H18N6O3/c1-6-4-3-5-17(8(6)10(18)19)11(20)12-7(2)9-13-15-16-14-9/h6-8H,3-5H2,1-2H3,(H,12,20)(H,18,19)(H,13,14,15,16). The van der Waals surface area contributed by atoms with Gasteiger partial charge in [-0.15, -0.1) is 10.2 Å². The SMILES string of the molecule is CC(NC(=O)N1CCCC(C)C1C(=O)O)c1nn[nH]n1. The van der Waals surface area contributed by atoms with Crippen LogP contribution < -0.4 is 5.32 Å². The molecule has 3 unspecified atom stereocenters. The minimum Gasteiger partial charge on any atom is -0.480 e. The molecular weight excluding hydrogens is 264 g/mol. The number of amides is 2. The predicted molar refractivity (Wildman–Crippen MR) is 67.7 cm³/mol. The summed E-state index contributed by atoms with van der Waals surface area (Å²) in [5, 5.41) is 25.3. The van der Waals surface area contributed by atoms with Crippen LogP contribution in [0.2, 0.25) is 0 Å². The van der Waals surface area contributed by atoms with Gasteiger partial charge in [0.15, 0.2) is 5.82 Å². The summed E-state index contributed by atoms with van der Waals surface area (Å²) < 4.78 is 0. The molecule has 1 saturated heterocycles. The Balaban J connectivity index is 2.05. The average Bonchev–Trinajstić information content (AvgIpc) is 2.91. The van der Waals surface area contributed by atoms with Gasteiger partial charge in [0.05, 0.1) is 6.04 Å². The molecule has 0 saturated carbocycles. The number of piperidine rings is 1. The molecule has 0 bridgehead atoms. The van der Waals surface area contributed by atoms with Crippen molar-refractivity contribution >= 4 is 12.0 Å². The van der Waals surface area contributed by atoms with Gasteiger partial charge in [0, 0.05) is 6.54 Å². The first-order valence-corrected chi connectivity index (χ1v) is 6.54. The van der Waals surface area contributed by atoms with E-state index in [4.69, 9.17) is 0 Å². The van der Waals surface area contributed by atoms with Gasteiger partial charge < -0.3 is 15.3 Å². The van der Waals surface area contributed by atoms with E-state index in [-0.39, 0.29) is 5.92 Å². The minimum atomic E-state index is -0.973. The Hall–Kier alpha value is -2.19. The molecule has 1 aliphatic heterocycles. The maximum absolute atomic E-state index is 12.2. The number of H-pyrrole nitrogens is 1. The summed E-state index contributed by atoms with van der Waals surface area (Å²) >= 11 is 0. The van der Waals surface area contributed by atoms with Crippen molar-refractivity contribution in [3.8, 4) is 0 Å². The molecule has 20 heavy (non-hydrogen) atoms. The molecule has 110 valence electrons. The molecule has 1 aromatic heterocycles. The van der Waals surface area contributed by atoms with Crippen molar-refractivity contribution in [2.24, 2.45) is 5.92 Å². The molecule has 0 spiro atoms. The van der Waals surface area contributed by atoms with E-state index in [1.807, 2.05) is 6.92 Å². The van der Waals surface area contributed by atoms with Crippen molar-refractivity contribution < 1.29 is 14.7 Å². The first-order chi connectivity index (χ1) is 9.50. The number of aliphatic carboxylic acids is 1. The quantitative estimate of drug-likeness (QED) is 0.725. The van der Waals surface area contributed by atoms with Crippen LogP contribution in [0.5, 0.6) is 0 Å². The number of hydrogen-bond acceptors (Lipinski definition) is 5. The Bertz CT molecular complexity index is 477. The van der Waals surface area contributed by atoms with Gasteiger partial charge in [0.1, 0.15) is 6.04 Å². The highest BCUT2D eigenvalue weighted by Gasteiger charge is 2.37. The fraction of sp³-hybridized carbons (Fsp3) is 0.727. The second-order valence-corrected chi connectivity index (χ2v) is 5.04. The molecule has 2 heterocycles. The van der Waals surface area contributed by atoms with Crippen LogP contribution >= 0.6 is 0 Å². The summed E-state index contributed by atoms with van der Waals surface area (Å²) in [5.41, 5.74) is 0. The molecule has 2 rings (SSSR count). The minimum absolute atomic E-state index is 0.0625. The molecule has 1 aromatic rings. The maximum atomic E-state index is 12.2. The Morgan fingerprint density at radius 1 is 1.55 bits per heavy atom. The summed E-state index contributed by atoms with van der Waals surface area (Å²) in [6.07, 6.45) is 1.61. The number of nitrogens with zero attached hydrogens (tertiary/aromatic N) is 4. The van der Waals surface area contributed by atoms with Gasteiger partial charge in [0.25, 0.3) is 0 Å². The van der Waals surface area contributed by atoms with Gasteiger partial charge in [-0.2, -0.15) is 5.21 Å². The Morgan fingerprint density at radius 3 is 2.90 bits per heavy atom. The molecule has 1 aliphatic rings. The summed E-state index contributed by atoms with van der Waals surface area (Å²) in [4.78, 5) is 24.9. The molecule has 0 radical (unpaired) electrons. The van der Waals surface area contributed by atoms with E-state index in [1.165, 1.54) is 4.90 Å². The van der Waals surface area contributed by atoms with Gasteiger partial charge in [-0.25, -0.2) is 9.59 Å². The summed E-state index contributed by atoms with van der Waals surface area (Å²) in [5.74, 6) is -0.678. The topological polar surface area (TPSA) is 124 Å². The molecule has 9 nitrogen and oxygen atoms in total. The van der Waals surface area contributed by atoms with Crippen LogP contribution in [0.1, 0.15) is 38.6 Å². The number of nitrogens with one attached hydrogen (secondary N) is 2. The molecule has 9 heteroatoms. The zero-order chi connectivity index (χ0) is 14.7. The number of aromatic amines is 1.